The van der Waals surface area contributed by atoms with Gasteiger partial charge in [-0.1, -0.05) is 120 Å². The average molecular weight is 669 g/mol. The topological polar surface area (TPSA) is 61.8 Å². The number of unbranched alkanes of at least 4 members (excludes halogenated alkanes) is 2. The molecule has 266 valence electrons. The first-order valence-electron chi connectivity index (χ1n) is 18.6. The molecule has 0 saturated heterocycles. The van der Waals surface area contributed by atoms with Crippen molar-refractivity contribution in [3.05, 3.63) is 106 Å². The molecule has 5 rings (SSSR count). The van der Waals surface area contributed by atoms with Gasteiger partial charge in [0.25, 0.3) is 0 Å². The van der Waals surface area contributed by atoms with Crippen molar-refractivity contribution in [3.8, 4) is 5.75 Å². The van der Waals surface area contributed by atoms with Crippen LogP contribution in [0.2, 0.25) is 0 Å². The minimum absolute atomic E-state index is 0.0940. The Kier molecular flexibility index (Phi) is 18.3. The van der Waals surface area contributed by atoms with Gasteiger partial charge in [-0.25, -0.2) is 4.79 Å². The number of carbonyl (C=O) groups excluding carboxylic acids is 2. The van der Waals surface area contributed by atoms with Crippen LogP contribution < -0.4 is 4.74 Å². The van der Waals surface area contributed by atoms with Crippen LogP contribution in [0.1, 0.15) is 142 Å². The number of allylic oxidation sites excluding steroid dienone is 1. The van der Waals surface area contributed by atoms with E-state index in [2.05, 4.69) is 86.2 Å². The Balaban J connectivity index is 0.000000229. The molecule has 0 aromatic heterocycles. The standard InChI is InChI=1S/C24H30O.C13H16O2.C7H14O2/c1-2-8-23-11-6-7-12-24(23)25-19-22-17-15-21(16-18-22)14-13-20-9-4-3-5-10-20;1-9-4-3-5-10-8-11(13(14)15-2)6-7-12(9)10;1-3-4-5-6-7(8)9-2/h6-7,11-18,20H,2-5,8-10,19H2,1H3;6-9H,3-5H2,1-2H3;3-6H2,1-2H3/b14-13+;;. The number of methoxy groups -OCH3 is 2. The number of fused-ring (bicyclic) bond motifs is 1. The second kappa shape index (κ2) is 22.7. The fourth-order valence-corrected chi connectivity index (χ4v) is 6.50. The summed E-state index contributed by atoms with van der Waals surface area (Å²) in [4.78, 5) is 21.8. The molecule has 0 amide bonds. The highest BCUT2D eigenvalue weighted by molar-refractivity contribution is 5.89. The summed E-state index contributed by atoms with van der Waals surface area (Å²) in [5.41, 5.74) is 7.20. The van der Waals surface area contributed by atoms with Gasteiger partial charge >= 0.3 is 11.9 Å². The molecule has 2 aliphatic rings. The molecule has 3 aromatic rings. The smallest absolute Gasteiger partial charge is 0.337 e. The second-order valence-electron chi connectivity index (χ2n) is 13.4. The van der Waals surface area contributed by atoms with Crippen LogP contribution >= 0.6 is 0 Å². The number of hydrogen-bond donors (Lipinski definition) is 0. The van der Waals surface area contributed by atoms with Crippen molar-refractivity contribution in [2.45, 2.75) is 123 Å². The van der Waals surface area contributed by atoms with E-state index in [9.17, 15) is 9.59 Å². The Morgan fingerprint density at radius 1 is 0.816 bits per heavy atom. The van der Waals surface area contributed by atoms with Gasteiger partial charge in [-0.15, -0.1) is 0 Å². The van der Waals surface area contributed by atoms with Gasteiger partial charge in [-0.05, 0) is 103 Å². The largest absolute Gasteiger partial charge is 0.489 e. The van der Waals surface area contributed by atoms with Crippen molar-refractivity contribution >= 4 is 18.0 Å². The van der Waals surface area contributed by atoms with Gasteiger partial charge in [0.2, 0.25) is 0 Å². The summed E-state index contributed by atoms with van der Waals surface area (Å²) in [6.07, 6.45) is 21.2. The fraction of sp³-hybridized carbons (Fsp3) is 0.500. The number of esters is 2. The summed E-state index contributed by atoms with van der Waals surface area (Å²) < 4.78 is 15.2. The SMILES string of the molecule is CCCCCC(=O)OC.CCCc1ccccc1OCc1ccc(/C=C/C2CCCCC2)cc1.COC(=O)c1ccc2c(c1)CCCC2C. The normalized spacial score (nSPS) is 15.6. The lowest BCUT2D eigenvalue weighted by atomic mass is 9.83. The van der Waals surface area contributed by atoms with Crippen molar-refractivity contribution in [1.29, 1.82) is 0 Å². The molecule has 1 atom stereocenters. The van der Waals surface area contributed by atoms with Crippen LogP contribution in [0.15, 0.2) is 72.8 Å². The Morgan fingerprint density at radius 3 is 2.27 bits per heavy atom. The van der Waals surface area contributed by atoms with Gasteiger partial charge < -0.3 is 14.2 Å². The molecule has 0 N–H and O–H groups in total. The number of rotatable bonds is 12. The molecule has 0 bridgehead atoms. The van der Waals surface area contributed by atoms with Crippen LogP contribution in [0, 0.1) is 5.92 Å². The Bertz CT molecular complexity index is 1420. The quantitative estimate of drug-likeness (QED) is 0.142. The van der Waals surface area contributed by atoms with Crippen LogP contribution in [0.25, 0.3) is 6.08 Å². The minimum Gasteiger partial charge on any atom is -0.489 e. The average Bonchev–Trinajstić information content (AvgIpc) is 3.15. The number of benzene rings is 3. The van der Waals surface area contributed by atoms with Crippen molar-refractivity contribution < 1.29 is 23.8 Å². The molecule has 0 aliphatic heterocycles. The molecule has 1 saturated carbocycles. The molecule has 1 fully saturated rings. The van der Waals surface area contributed by atoms with Crippen molar-refractivity contribution in [2.24, 2.45) is 5.92 Å². The number of aryl methyl sites for hydroxylation is 2. The van der Waals surface area contributed by atoms with Crippen molar-refractivity contribution in [1.82, 2.24) is 0 Å². The monoisotopic (exact) mass is 668 g/mol. The van der Waals surface area contributed by atoms with E-state index < -0.39 is 0 Å². The zero-order valence-corrected chi connectivity index (χ0v) is 30.8. The Morgan fingerprint density at radius 2 is 1.57 bits per heavy atom. The Hall–Kier alpha value is -3.86. The maximum Gasteiger partial charge on any atom is 0.337 e. The molecular weight excluding hydrogens is 608 g/mol. The van der Waals surface area contributed by atoms with E-state index in [0.717, 1.165) is 50.2 Å². The molecule has 5 heteroatoms. The van der Waals surface area contributed by atoms with Gasteiger partial charge in [-0.3, -0.25) is 4.79 Å². The second-order valence-corrected chi connectivity index (χ2v) is 13.4. The van der Waals surface area contributed by atoms with E-state index in [1.165, 1.54) is 87.0 Å². The summed E-state index contributed by atoms with van der Waals surface area (Å²) in [5.74, 6) is 2.09. The van der Waals surface area contributed by atoms with E-state index in [1.807, 2.05) is 18.2 Å². The van der Waals surface area contributed by atoms with E-state index in [0.29, 0.717) is 24.5 Å². The van der Waals surface area contributed by atoms with Gasteiger partial charge in [0, 0.05) is 6.42 Å². The first kappa shape index (κ1) is 39.6. The molecular formula is C44H60O5. The lowest BCUT2D eigenvalue weighted by Crippen LogP contribution is -2.09. The molecule has 3 aromatic carbocycles. The number of hydrogen-bond acceptors (Lipinski definition) is 5. The molecule has 1 unspecified atom stereocenters. The highest BCUT2D eigenvalue weighted by Gasteiger charge is 2.18. The summed E-state index contributed by atoms with van der Waals surface area (Å²) in [6.45, 7) is 7.19. The molecule has 2 aliphatic carbocycles. The third kappa shape index (κ3) is 14.3. The number of carbonyl (C=O) groups is 2. The van der Waals surface area contributed by atoms with Gasteiger partial charge in [0.15, 0.2) is 0 Å². The van der Waals surface area contributed by atoms with Gasteiger partial charge in [0.1, 0.15) is 12.4 Å². The predicted octanol–water partition coefficient (Wildman–Crippen LogP) is 11.5. The molecule has 0 spiro atoms. The third-order valence-corrected chi connectivity index (χ3v) is 9.47. The third-order valence-electron chi connectivity index (χ3n) is 9.47. The lowest BCUT2D eigenvalue weighted by Gasteiger charge is -2.22. The fourth-order valence-electron chi connectivity index (χ4n) is 6.50. The Labute approximate surface area is 296 Å². The summed E-state index contributed by atoms with van der Waals surface area (Å²) >= 11 is 0. The molecule has 5 nitrogen and oxygen atoms in total. The number of ether oxygens (including phenoxy) is 3. The minimum atomic E-state index is -0.240. The highest BCUT2D eigenvalue weighted by Crippen LogP contribution is 2.31. The van der Waals surface area contributed by atoms with Crippen LogP contribution in [-0.2, 0) is 33.7 Å². The lowest BCUT2D eigenvalue weighted by molar-refractivity contribution is -0.140. The van der Waals surface area contributed by atoms with Crippen LogP contribution in [0.5, 0.6) is 5.75 Å². The predicted molar refractivity (Wildman–Crippen MR) is 202 cm³/mol. The highest BCUT2D eigenvalue weighted by atomic mass is 16.5. The van der Waals surface area contributed by atoms with Crippen LogP contribution in [-0.4, -0.2) is 26.2 Å². The van der Waals surface area contributed by atoms with Crippen molar-refractivity contribution in [2.75, 3.05) is 14.2 Å². The van der Waals surface area contributed by atoms with Gasteiger partial charge in [0.05, 0.1) is 19.8 Å². The summed E-state index contributed by atoms with van der Waals surface area (Å²) in [6, 6.07) is 23.1. The molecule has 49 heavy (non-hydrogen) atoms. The van der Waals surface area contributed by atoms with E-state index in [4.69, 9.17) is 9.47 Å². The first-order chi connectivity index (χ1) is 23.9. The summed E-state index contributed by atoms with van der Waals surface area (Å²) in [5, 5.41) is 0. The number of para-hydroxylation sites is 1. The zero-order chi connectivity index (χ0) is 35.3. The zero-order valence-electron chi connectivity index (χ0n) is 30.8. The maximum absolute atomic E-state index is 11.4. The van der Waals surface area contributed by atoms with E-state index in [-0.39, 0.29) is 11.9 Å². The van der Waals surface area contributed by atoms with Crippen molar-refractivity contribution in [3.63, 3.8) is 0 Å². The van der Waals surface area contributed by atoms with E-state index in [1.54, 1.807) is 0 Å². The molecule has 0 heterocycles. The first-order valence-corrected chi connectivity index (χ1v) is 18.6. The molecule has 0 radical (unpaired) electrons. The van der Waals surface area contributed by atoms with Crippen LogP contribution in [0.4, 0.5) is 0 Å². The maximum atomic E-state index is 11.4. The van der Waals surface area contributed by atoms with E-state index >= 15 is 0 Å². The van der Waals surface area contributed by atoms with Gasteiger partial charge in [-0.2, -0.15) is 0 Å². The summed E-state index contributed by atoms with van der Waals surface area (Å²) in [7, 11) is 2.85. The van der Waals surface area contributed by atoms with Crippen LogP contribution in [0.3, 0.4) is 0 Å².